The van der Waals surface area contributed by atoms with Crippen LogP contribution in [0.5, 0.6) is 0 Å². The number of rotatable bonds is 5. The minimum Gasteiger partial charge on any atom is -0.396 e. The van der Waals surface area contributed by atoms with Gasteiger partial charge in [-0.3, -0.25) is 0 Å². The SMILES string of the molecule is CNc1cc(SC(C)CCO)nc(C(F)(F)F)n1. The van der Waals surface area contributed by atoms with Crippen LogP contribution in [-0.2, 0) is 6.18 Å². The molecule has 0 fully saturated rings. The first-order valence-corrected chi connectivity index (χ1v) is 6.16. The Bertz CT molecular complexity index is 400. The van der Waals surface area contributed by atoms with E-state index in [4.69, 9.17) is 5.11 Å². The van der Waals surface area contributed by atoms with Gasteiger partial charge in [0.25, 0.3) is 0 Å². The third-order valence-corrected chi connectivity index (χ3v) is 3.16. The van der Waals surface area contributed by atoms with E-state index < -0.39 is 12.0 Å². The van der Waals surface area contributed by atoms with E-state index in [0.717, 1.165) is 0 Å². The van der Waals surface area contributed by atoms with Crippen LogP contribution >= 0.6 is 11.8 Å². The molecule has 4 nitrogen and oxygen atoms in total. The summed E-state index contributed by atoms with van der Waals surface area (Å²) in [6.07, 6.45) is -4.08. The van der Waals surface area contributed by atoms with E-state index in [2.05, 4.69) is 15.3 Å². The van der Waals surface area contributed by atoms with Gasteiger partial charge in [-0.25, -0.2) is 9.97 Å². The summed E-state index contributed by atoms with van der Waals surface area (Å²) in [6.45, 7) is 1.81. The maximum absolute atomic E-state index is 12.6. The molecule has 0 amide bonds. The molecule has 18 heavy (non-hydrogen) atoms. The molecule has 0 radical (unpaired) electrons. The van der Waals surface area contributed by atoms with Crippen LogP contribution in [0.25, 0.3) is 0 Å². The average molecular weight is 281 g/mol. The van der Waals surface area contributed by atoms with Crippen LogP contribution in [0.3, 0.4) is 0 Å². The normalized spacial score (nSPS) is 13.4. The van der Waals surface area contributed by atoms with Crippen LogP contribution in [0.1, 0.15) is 19.2 Å². The number of halogens is 3. The van der Waals surface area contributed by atoms with Crippen molar-refractivity contribution in [2.45, 2.75) is 29.8 Å². The molecule has 0 aliphatic heterocycles. The number of aliphatic hydroxyl groups excluding tert-OH is 1. The van der Waals surface area contributed by atoms with Crippen molar-refractivity contribution in [3.05, 3.63) is 11.9 Å². The Balaban J connectivity index is 2.97. The van der Waals surface area contributed by atoms with E-state index in [-0.39, 0.29) is 22.7 Å². The second-order valence-electron chi connectivity index (χ2n) is 3.60. The van der Waals surface area contributed by atoms with Gasteiger partial charge in [0, 0.05) is 25.0 Å². The Morgan fingerprint density at radius 2 is 2.11 bits per heavy atom. The van der Waals surface area contributed by atoms with Gasteiger partial charge in [0.05, 0.1) is 0 Å². The predicted molar refractivity (Wildman–Crippen MR) is 63.6 cm³/mol. The highest BCUT2D eigenvalue weighted by Gasteiger charge is 2.35. The van der Waals surface area contributed by atoms with E-state index in [1.165, 1.54) is 24.9 Å². The zero-order chi connectivity index (χ0) is 13.8. The molecule has 8 heteroatoms. The van der Waals surface area contributed by atoms with Gasteiger partial charge in [0.2, 0.25) is 5.82 Å². The third-order valence-electron chi connectivity index (χ3n) is 2.07. The Kier molecular flexibility index (Phi) is 5.21. The van der Waals surface area contributed by atoms with Gasteiger partial charge in [-0.05, 0) is 6.42 Å². The second kappa shape index (κ2) is 6.24. The standard InChI is InChI=1S/C10H14F3N3OS/c1-6(3-4-17)18-8-5-7(14-2)15-9(16-8)10(11,12)13/h5-6,17H,3-4H2,1-2H3,(H,14,15,16). The van der Waals surface area contributed by atoms with Crippen LogP contribution in [0.2, 0.25) is 0 Å². The van der Waals surface area contributed by atoms with Gasteiger partial charge >= 0.3 is 6.18 Å². The van der Waals surface area contributed by atoms with Crippen molar-refractivity contribution in [1.82, 2.24) is 9.97 Å². The van der Waals surface area contributed by atoms with Crippen LogP contribution in [-0.4, -0.2) is 34.0 Å². The van der Waals surface area contributed by atoms with Crippen LogP contribution in [0.4, 0.5) is 19.0 Å². The summed E-state index contributed by atoms with van der Waals surface area (Å²) in [5.41, 5.74) is 0. The highest BCUT2D eigenvalue weighted by atomic mass is 32.2. The Labute approximate surface area is 107 Å². The lowest BCUT2D eigenvalue weighted by Crippen LogP contribution is -2.13. The number of nitrogens with one attached hydrogen (secondary N) is 1. The Hall–Kier alpha value is -1.02. The average Bonchev–Trinajstić information content (AvgIpc) is 2.27. The molecule has 0 saturated carbocycles. The van der Waals surface area contributed by atoms with Crippen molar-refractivity contribution >= 4 is 17.6 Å². The number of anilines is 1. The van der Waals surface area contributed by atoms with Crippen molar-refractivity contribution in [2.75, 3.05) is 19.0 Å². The monoisotopic (exact) mass is 281 g/mol. The molecule has 1 atom stereocenters. The molecular weight excluding hydrogens is 267 g/mol. The highest BCUT2D eigenvalue weighted by molar-refractivity contribution is 7.99. The van der Waals surface area contributed by atoms with Crippen LogP contribution in [0, 0.1) is 0 Å². The molecule has 1 rings (SSSR count). The lowest BCUT2D eigenvalue weighted by Gasteiger charge is -2.12. The first-order chi connectivity index (χ1) is 8.36. The molecule has 1 aromatic rings. The largest absolute Gasteiger partial charge is 0.451 e. The number of aromatic nitrogens is 2. The van der Waals surface area contributed by atoms with Crippen LogP contribution < -0.4 is 5.32 Å². The van der Waals surface area contributed by atoms with Gasteiger partial charge in [-0.15, -0.1) is 11.8 Å². The van der Waals surface area contributed by atoms with Crippen LogP contribution in [0.15, 0.2) is 11.1 Å². The minimum atomic E-state index is -4.57. The summed E-state index contributed by atoms with van der Waals surface area (Å²) in [4.78, 5) is 6.85. The molecule has 2 N–H and O–H groups in total. The molecule has 0 bridgehead atoms. The molecule has 1 heterocycles. The second-order valence-corrected chi connectivity index (χ2v) is 5.06. The first kappa shape index (κ1) is 15.0. The Morgan fingerprint density at radius 1 is 1.44 bits per heavy atom. The molecule has 1 aromatic heterocycles. The smallest absolute Gasteiger partial charge is 0.396 e. The van der Waals surface area contributed by atoms with Gasteiger partial charge in [0.15, 0.2) is 0 Å². The topological polar surface area (TPSA) is 58.0 Å². The molecule has 0 spiro atoms. The molecule has 0 saturated heterocycles. The van der Waals surface area contributed by atoms with E-state index in [1.54, 1.807) is 0 Å². The maximum atomic E-state index is 12.6. The quantitative estimate of drug-likeness (QED) is 0.641. The Morgan fingerprint density at radius 3 is 2.61 bits per heavy atom. The summed E-state index contributed by atoms with van der Waals surface area (Å²) in [7, 11) is 1.49. The predicted octanol–water partition coefficient (Wildman–Crippen LogP) is 2.40. The minimum absolute atomic E-state index is 0.00966. The van der Waals surface area contributed by atoms with E-state index in [0.29, 0.717) is 6.42 Å². The van der Waals surface area contributed by atoms with Crippen molar-refractivity contribution in [3.8, 4) is 0 Å². The van der Waals surface area contributed by atoms with Crippen molar-refractivity contribution in [2.24, 2.45) is 0 Å². The summed E-state index contributed by atoms with van der Waals surface area (Å²) in [5.74, 6) is -1.04. The number of nitrogens with zero attached hydrogens (tertiary/aromatic N) is 2. The van der Waals surface area contributed by atoms with E-state index in [1.807, 2.05) is 6.92 Å². The van der Waals surface area contributed by atoms with Crippen molar-refractivity contribution in [3.63, 3.8) is 0 Å². The summed E-state index contributed by atoms with van der Waals surface area (Å²) in [6, 6.07) is 1.45. The highest BCUT2D eigenvalue weighted by Crippen LogP contribution is 2.31. The van der Waals surface area contributed by atoms with Crippen molar-refractivity contribution in [1.29, 1.82) is 0 Å². The lowest BCUT2D eigenvalue weighted by atomic mass is 10.3. The van der Waals surface area contributed by atoms with Gasteiger partial charge in [-0.2, -0.15) is 13.2 Å². The number of alkyl halides is 3. The zero-order valence-electron chi connectivity index (χ0n) is 9.95. The maximum Gasteiger partial charge on any atom is 0.451 e. The van der Waals surface area contributed by atoms with Gasteiger partial charge < -0.3 is 10.4 Å². The number of aliphatic hydroxyl groups is 1. The number of hydrogen-bond acceptors (Lipinski definition) is 5. The molecule has 1 unspecified atom stereocenters. The van der Waals surface area contributed by atoms with E-state index >= 15 is 0 Å². The first-order valence-electron chi connectivity index (χ1n) is 5.28. The summed E-state index contributed by atoms with van der Waals surface area (Å²) >= 11 is 1.18. The fourth-order valence-corrected chi connectivity index (χ4v) is 2.14. The fraction of sp³-hybridized carbons (Fsp3) is 0.600. The molecule has 0 aliphatic carbocycles. The fourth-order valence-electron chi connectivity index (χ4n) is 1.19. The van der Waals surface area contributed by atoms with Crippen molar-refractivity contribution < 1.29 is 18.3 Å². The van der Waals surface area contributed by atoms with Gasteiger partial charge in [-0.1, -0.05) is 6.92 Å². The molecule has 102 valence electrons. The zero-order valence-corrected chi connectivity index (χ0v) is 10.8. The number of hydrogen-bond donors (Lipinski definition) is 2. The van der Waals surface area contributed by atoms with Gasteiger partial charge in [0.1, 0.15) is 10.8 Å². The number of thioether (sulfide) groups is 1. The third kappa shape index (κ3) is 4.34. The lowest BCUT2D eigenvalue weighted by molar-refractivity contribution is -0.145. The summed E-state index contributed by atoms with van der Waals surface area (Å²) in [5, 5.41) is 11.6. The summed E-state index contributed by atoms with van der Waals surface area (Å²) < 4.78 is 37.7. The van der Waals surface area contributed by atoms with E-state index in [9.17, 15) is 13.2 Å². The molecular formula is C10H14F3N3OS. The molecule has 0 aliphatic rings. The molecule has 0 aromatic carbocycles.